The highest BCUT2D eigenvalue weighted by atomic mass is 79.9. The van der Waals surface area contributed by atoms with Gasteiger partial charge in [0.1, 0.15) is 0 Å². The summed E-state index contributed by atoms with van der Waals surface area (Å²) in [5, 5.41) is 8.89. The van der Waals surface area contributed by atoms with Crippen molar-refractivity contribution >= 4 is 21.9 Å². The van der Waals surface area contributed by atoms with E-state index in [1.807, 2.05) is 0 Å². The molecule has 0 atom stereocenters. The van der Waals surface area contributed by atoms with Crippen LogP contribution in [0.3, 0.4) is 0 Å². The maximum absolute atomic E-state index is 10.8. The molecule has 0 saturated carbocycles. The standard InChI is InChI=1S/C12H9BrN2O4/c1-18-10-4-7(11(16)17)2-3-9(10)19-12-14-5-8(13)6-15-12/h2-6H,1H3,(H,16,17). The minimum Gasteiger partial charge on any atom is -0.493 e. The van der Waals surface area contributed by atoms with Crippen LogP contribution in [0.4, 0.5) is 0 Å². The van der Waals surface area contributed by atoms with Crippen LogP contribution in [0.15, 0.2) is 35.1 Å². The minimum absolute atomic E-state index is 0.112. The maximum Gasteiger partial charge on any atom is 0.335 e. The molecule has 0 radical (unpaired) electrons. The third kappa shape index (κ3) is 3.19. The maximum atomic E-state index is 10.8. The second-order valence-electron chi connectivity index (χ2n) is 3.46. The first-order valence-corrected chi connectivity index (χ1v) is 5.96. The van der Waals surface area contributed by atoms with Crippen molar-refractivity contribution in [2.75, 3.05) is 7.11 Å². The fourth-order valence-electron chi connectivity index (χ4n) is 1.34. The smallest absolute Gasteiger partial charge is 0.335 e. The molecule has 98 valence electrons. The zero-order chi connectivity index (χ0) is 13.8. The third-order valence-corrected chi connectivity index (χ3v) is 2.62. The Morgan fingerprint density at radius 1 is 1.26 bits per heavy atom. The van der Waals surface area contributed by atoms with Crippen molar-refractivity contribution in [3.63, 3.8) is 0 Å². The van der Waals surface area contributed by atoms with Crippen molar-refractivity contribution < 1.29 is 19.4 Å². The number of aromatic nitrogens is 2. The molecule has 19 heavy (non-hydrogen) atoms. The lowest BCUT2D eigenvalue weighted by molar-refractivity contribution is 0.0696. The molecule has 0 aliphatic heterocycles. The van der Waals surface area contributed by atoms with Gasteiger partial charge < -0.3 is 14.6 Å². The molecule has 0 unspecified atom stereocenters. The Morgan fingerprint density at radius 3 is 2.53 bits per heavy atom. The van der Waals surface area contributed by atoms with Gasteiger partial charge in [-0.15, -0.1) is 0 Å². The van der Waals surface area contributed by atoms with Crippen molar-refractivity contribution in [2.24, 2.45) is 0 Å². The summed E-state index contributed by atoms with van der Waals surface area (Å²) in [6.45, 7) is 0. The largest absolute Gasteiger partial charge is 0.493 e. The summed E-state index contributed by atoms with van der Waals surface area (Å²) >= 11 is 3.21. The molecule has 1 N–H and O–H groups in total. The first kappa shape index (κ1) is 13.3. The van der Waals surface area contributed by atoms with Crippen molar-refractivity contribution in [3.8, 4) is 17.5 Å². The second kappa shape index (κ2) is 5.66. The van der Waals surface area contributed by atoms with E-state index in [0.717, 1.165) is 4.47 Å². The van der Waals surface area contributed by atoms with Crippen LogP contribution in [-0.4, -0.2) is 28.2 Å². The summed E-state index contributed by atoms with van der Waals surface area (Å²) in [5.41, 5.74) is 0.112. The molecule has 0 fully saturated rings. The lowest BCUT2D eigenvalue weighted by Gasteiger charge is -2.09. The van der Waals surface area contributed by atoms with Gasteiger partial charge in [-0.2, -0.15) is 0 Å². The fourth-order valence-corrected chi connectivity index (χ4v) is 1.54. The first-order chi connectivity index (χ1) is 9.10. The van der Waals surface area contributed by atoms with E-state index in [4.69, 9.17) is 14.6 Å². The molecular formula is C12H9BrN2O4. The molecule has 1 aromatic carbocycles. The second-order valence-corrected chi connectivity index (χ2v) is 4.37. The topological polar surface area (TPSA) is 81.5 Å². The highest BCUT2D eigenvalue weighted by molar-refractivity contribution is 9.10. The van der Waals surface area contributed by atoms with Crippen LogP contribution in [0.25, 0.3) is 0 Å². The van der Waals surface area contributed by atoms with Crippen LogP contribution in [-0.2, 0) is 0 Å². The van der Waals surface area contributed by atoms with E-state index in [2.05, 4.69) is 25.9 Å². The lowest BCUT2D eigenvalue weighted by Crippen LogP contribution is -1.99. The Kier molecular flexibility index (Phi) is 3.96. The molecular weight excluding hydrogens is 316 g/mol. The number of rotatable bonds is 4. The number of halogens is 1. The monoisotopic (exact) mass is 324 g/mol. The number of nitrogens with zero attached hydrogens (tertiary/aromatic N) is 2. The van der Waals surface area contributed by atoms with Crippen LogP contribution in [0.2, 0.25) is 0 Å². The van der Waals surface area contributed by atoms with Crippen LogP contribution in [0.1, 0.15) is 10.4 Å². The number of benzene rings is 1. The van der Waals surface area contributed by atoms with E-state index < -0.39 is 5.97 Å². The van der Waals surface area contributed by atoms with Crippen molar-refractivity contribution in [1.29, 1.82) is 0 Å². The summed E-state index contributed by atoms with van der Waals surface area (Å²) in [6.07, 6.45) is 3.08. The van der Waals surface area contributed by atoms with Gasteiger partial charge in [-0.3, -0.25) is 0 Å². The van der Waals surface area contributed by atoms with Gasteiger partial charge in [0.15, 0.2) is 11.5 Å². The SMILES string of the molecule is COc1cc(C(=O)O)ccc1Oc1ncc(Br)cn1. The molecule has 2 rings (SSSR count). The molecule has 0 aliphatic rings. The average Bonchev–Trinajstić information content (AvgIpc) is 2.41. The zero-order valence-corrected chi connectivity index (χ0v) is 11.4. The zero-order valence-electron chi connectivity index (χ0n) is 9.83. The van der Waals surface area contributed by atoms with Gasteiger partial charge in [0.2, 0.25) is 0 Å². The molecule has 0 spiro atoms. The van der Waals surface area contributed by atoms with Crippen LogP contribution >= 0.6 is 15.9 Å². The van der Waals surface area contributed by atoms with Crippen molar-refractivity contribution in [3.05, 3.63) is 40.6 Å². The molecule has 6 nitrogen and oxygen atoms in total. The predicted octanol–water partition coefficient (Wildman–Crippen LogP) is 2.74. The van der Waals surface area contributed by atoms with E-state index in [1.54, 1.807) is 12.4 Å². The van der Waals surface area contributed by atoms with Crippen molar-refractivity contribution in [2.45, 2.75) is 0 Å². The van der Waals surface area contributed by atoms with E-state index in [-0.39, 0.29) is 11.6 Å². The Hall–Kier alpha value is -2.15. The Bertz CT molecular complexity index is 601. The number of carbonyl (C=O) groups is 1. The van der Waals surface area contributed by atoms with E-state index in [9.17, 15) is 4.79 Å². The lowest BCUT2D eigenvalue weighted by atomic mass is 10.2. The average molecular weight is 325 g/mol. The Balaban J connectivity index is 2.29. The van der Waals surface area contributed by atoms with Gasteiger partial charge in [0.05, 0.1) is 17.1 Å². The van der Waals surface area contributed by atoms with Gasteiger partial charge in [0.25, 0.3) is 0 Å². The van der Waals surface area contributed by atoms with Gasteiger partial charge in [-0.1, -0.05) is 0 Å². The highest BCUT2D eigenvalue weighted by Gasteiger charge is 2.11. The minimum atomic E-state index is -1.04. The Morgan fingerprint density at radius 2 is 1.95 bits per heavy atom. The van der Waals surface area contributed by atoms with E-state index in [0.29, 0.717) is 11.5 Å². The molecule has 1 heterocycles. The molecule has 0 saturated heterocycles. The van der Waals surface area contributed by atoms with Crippen molar-refractivity contribution in [1.82, 2.24) is 9.97 Å². The molecule has 0 bridgehead atoms. The number of carboxylic acid groups (broad SMARTS) is 1. The number of carboxylic acids is 1. The van der Waals surface area contributed by atoms with Gasteiger partial charge in [-0.25, -0.2) is 14.8 Å². The third-order valence-electron chi connectivity index (χ3n) is 2.21. The summed E-state index contributed by atoms with van der Waals surface area (Å²) < 4.78 is 11.2. The predicted molar refractivity (Wildman–Crippen MR) is 69.8 cm³/mol. The quantitative estimate of drug-likeness (QED) is 0.931. The Labute approximate surface area is 117 Å². The number of hydrogen-bond donors (Lipinski definition) is 1. The van der Waals surface area contributed by atoms with Gasteiger partial charge in [-0.05, 0) is 34.1 Å². The molecule has 2 aromatic rings. The van der Waals surface area contributed by atoms with Crippen LogP contribution in [0.5, 0.6) is 17.5 Å². The number of hydrogen-bond acceptors (Lipinski definition) is 5. The molecule has 0 aliphatic carbocycles. The van der Waals surface area contributed by atoms with Crippen LogP contribution in [0, 0.1) is 0 Å². The van der Waals surface area contributed by atoms with Gasteiger partial charge in [0, 0.05) is 12.4 Å². The summed E-state index contributed by atoms with van der Waals surface area (Å²) in [7, 11) is 1.43. The van der Waals surface area contributed by atoms with Crippen LogP contribution < -0.4 is 9.47 Å². The number of methoxy groups -OCH3 is 1. The molecule has 7 heteroatoms. The summed E-state index contributed by atoms with van der Waals surface area (Å²) in [5.74, 6) is -0.397. The normalized spacial score (nSPS) is 10.0. The first-order valence-electron chi connectivity index (χ1n) is 5.17. The molecule has 1 aromatic heterocycles. The van der Waals surface area contributed by atoms with E-state index >= 15 is 0 Å². The fraction of sp³-hybridized carbons (Fsp3) is 0.0833. The van der Waals surface area contributed by atoms with Gasteiger partial charge >= 0.3 is 12.0 Å². The summed E-state index contributed by atoms with van der Waals surface area (Å²) in [6, 6.07) is 4.42. The number of ether oxygens (including phenoxy) is 2. The highest BCUT2D eigenvalue weighted by Crippen LogP contribution is 2.31. The van der Waals surface area contributed by atoms with E-state index in [1.165, 1.54) is 25.3 Å². The number of aromatic carboxylic acids is 1. The molecule has 0 amide bonds. The summed E-state index contributed by atoms with van der Waals surface area (Å²) in [4.78, 5) is 18.8.